The molecule has 0 aliphatic carbocycles. The summed E-state index contributed by atoms with van der Waals surface area (Å²) in [5.41, 5.74) is 2.44. The zero-order valence-corrected chi connectivity index (χ0v) is 8.68. The van der Waals surface area contributed by atoms with E-state index in [9.17, 15) is 0 Å². The second kappa shape index (κ2) is 5.13. The second-order valence-electron chi connectivity index (χ2n) is 3.19. The van der Waals surface area contributed by atoms with Crippen molar-refractivity contribution in [2.45, 2.75) is 6.42 Å². The van der Waals surface area contributed by atoms with Crippen molar-refractivity contribution in [1.29, 1.82) is 0 Å². The lowest BCUT2D eigenvalue weighted by Gasteiger charge is -2.05. The van der Waals surface area contributed by atoms with Crippen molar-refractivity contribution in [1.82, 2.24) is 9.97 Å². The quantitative estimate of drug-likeness (QED) is 0.513. The predicted octanol–water partition coefficient (Wildman–Crippen LogP) is 1.01. The second-order valence-corrected chi connectivity index (χ2v) is 3.19. The molecule has 16 heavy (non-hydrogen) atoms. The average molecular weight is 219 g/mol. The minimum atomic E-state index is 0.531. The lowest BCUT2D eigenvalue weighted by molar-refractivity contribution is 0.513. The minimum Gasteiger partial charge on any atom is -0.469 e. The van der Waals surface area contributed by atoms with Crippen molar-refractivity contribution < 1.29 is 4.42 Å². The molecule has 6 heteroatoms. The molecule has 0 unspecified atom stereocenters. The number of hydrazine groups is 1. The zero-order chi connectivity index (χ0) is 11.2. The topological polar surface area (TPSA) is 89.0 Å². The van der Waals surface area contributed by atoms with Crippen LogP contribution in [0.4, 0.5) is 11.6 Å². The van der Waals surface area contributed by atoms with E-state index < -0.39 is 0 Å². The molecule has 4 N–H and O–H groups in total. The van der Waals surface area contributed by atoms with Crippen molar-refractivity contribution >= 4 is 11.6 Å². The maximum atomic E-state index is 5.23. The number of hydrogen-bond acceptors (Lipinski definition) is 6. The summed E-state index contributed by atoms with van der Waals surface area (Å²) in [5, 5.41) is 3.13. The molecule has 0 spiro atoms. The predicted molar refractivity (Wildman–Crippen MR) is 60.7 cm³/mol. The fraction of sp³-hybridized carbons (Fsp3) is 0.200. The van der Waals surface area contributed by atoms with Crippen LogP contribution in [-0.4, -0.2) is 16.5 Å². The molecule has 0 radical (unpaired) electrons. The van der Waals surface area contributed by atoms with Crippen molar-refractivity contribution in [3.8, 4) is 0 Å². The third-order valence-corrected chi connectivity index (χ3v) is 2.04. The molecule has 0 atom stereocenters. The van der Waals surface area contributed by atoms with Crippen LogP contribution < -0.4 is 16.6 Å². The first-order chi connectivity index (χ1) is 7.88. The number of anilines is 2. The molecule has 2 aromatic heterocycles. The summed E-state index contributed by atoms with van der Waals surface area (Å²) in [5.74, 6) is 7.38. The number of nitrogen functional groups attached to an aromatic ring is 1. The summed E-state index contributed by atoms with van der Waals surface area (Å²) in [6.45, 7) is 0.732. The van der Waals surface area contributed by atoms with Crippen molar-refractivity contribution in [3.05, 3.63) is 36.5 Å². The Bertz CT molecular complexity index is 429. The maximum absolute atomic E-state index is 5.23. The molecule has 2 heterocycles. The summed E-state index contributed by atoms with van der Waals surface area (Å²) in [6, 6.07) is 3.80. The highest BCUT2D eigenvalue weighted by Crippen LogP contribution is 2.06. The lowest BCUT2D eigenvalue weighted by atomic mass is 10.3. The van der Waals surface area contributed by atoms with Crippen LogP contribution >= 0.6 is 0 Å². The molecule has 84 valence electrons. The van der Waals surface area contributed by atoms with Gasteiger partial charge in [0.15, 0.2) is 5.82 Å². The van der Waals surface area contributed by atoms with E-state index in [4.69, 9.17) is 10.3 Å². The Morgan fingerprint density at radius 3 is 2.94 bits per heavy atom. The fourth-order valence-electron chi connectivity index (χ4n) is 1.29. The summed E-state index contributed by atoms with van der Waals surface area (Å²) >= 11 is 0. The molecule has 2 aromatic rings. The van der Waals surface area contributed by atoms with E-state index in [1.165, 1.54) is 0 Å². The van der Waals surface area contributed by atoms with Gasteiger partial charge in [0.1, 0.15) is 11.6 Å². The van der Waals surface area contributed by atoms with E-state index >= 15 is 0 Å². The Kier molecular flexibility index (Phi) is 3.35. The van der Waals surface area contributed by atoms with Gasteiger partial charge < -0.3 is 15.2 Å². The monoisotopic (exact) mass is 219 g/mol. The van der Waals surface area contributed by atoms with Crippen LogP contribution in [0, 0.1) is 0 Å². The Hall–Kier alpha value is -2.08. The Labute approximate surface area is 92.9 Å². The smallest absolute Gasteiger partial charge is 0.160 e. The molecule has 0 aliphatic rings. The molecule has 6 nitrogen and oxygen atoms in total. The molecule has 0 amide bonds. The highest BCUT2D eigenvalue weighted by Gasteiger charge is 1.98. The van der Waals surface area contributed by atoms with E-state index in [2.05, 4.69) is 20.7 Å². The average Bonchev–Trinajstić information content (AvgIpc) is 2.82. The normalized spacial score (nSPS) is 10.1. The summed E-state index contributed by atoms with van der Waals surface area (Å²) in [7, 11) is 0. The molecular formula is C10H13N5O. The van der Waals surface area contributed by atoms with Gasteiger partial charge in [-0.25, -0.2) is 10.8 Å². The highest BCUT2D eigenvalue weighted by atomic mass is 16.3. The third kappa shape index (κ3) is 2.71. The number of nitrogens with one attached hydrogen (secondary N) is 2. The van der Waals surface area contributed by atoms with Gasteiger partial charge in [0.05, 0.1) is 18.7 Å². The van der Waals surface area contributed by atoms with Crippen molar-refractivity contribution in [2.75, 3.05) is 17.3 Å². The van der Waals surface area contributed by atoms with E-state index in [-0.39, 0.29) is 0 Å². The Balaban J connectivity index is 1.85. The number of furan rings is 1. The van der Waals surface area contributed by atoms with Gasteiger partial charge >= 0.3 is 0 Å². The van der Waals surface area contributed by atoms with Gasteiger partial charge in [-0.1, -0.05) is 0 Å². The van der Waals surface area contributed by atoms with E-state index in [0.717, 1.165) is 18.7 Å². The van der Waals surface area contributed by atoms with Gasteiger partial charge in [-0.15, -0.1) is 0 Å². The zero-order valence-electron chi connectivity index (χ0n) is 8.68. The first-order valence-electron chi connectivity index (χ1n) is 4.93. The Morgan fingerprint density at radius 1 is 1.31 bits per heavy atom. The Morgan fingerprint density at radius 2 is 2.19 bits per heavy atom. The number of rotatable bonds is 5. The van der Waals surface area contributed by atoms with Crippen LogP contribution in [0.1, 0.15) is 5.76 Å². The number of aromatic nitrogens is 2. The van der Waals surface area contributed by atoms with Crippen molar-refractivity contribution in [2.24, 2.45) is 5.84 Å². The van der Waals surface area contributed by atoms with Gasteiger partial charge in [-0.2, -0.15) is 0 Å². The van der Waals surface area contributed by atoms with Gasteiger partial charge in [-0.3, -0.25) is 4.98 Å². The molecule has 0 aromatic carbocycles. The van der Waals surface area contributed by atoms with Gasteiger partial charge in [0.25, 0.3) is 0 Å². The van der Waals surface area contributed by atoms with E-state index in [1.807, 2.05) is 12.1 Å². The fourth-order valence-corrected chi connectivity index (χ4v) is 1.29. The van der Waals surface area contributed by atoms with Crippen LogP contribution in [0.15, 0.2) is 35.2 Å². The number of hydrogen-bond donors (Lipinski definition) is 3. The van der Waals surface area contributed by atoms with Crippen LogP contribution in [0.5, 0.6) is 0 Å². The number of nitrogens with zero attached hydrogens (tertiary/aromatic N) is 2. The number of nitrogens with two attached hydrogens (primary N) is 1. The van der Waals surface area contributed by atoms with Crippen LogP contribution in [0.2, 0.25) is 0 Å². The van der Waals surface area contributed by atoms with Gasteiger partial charge in [-0.05, 0) is 12.1 Å². The third-order valence-electron chi connectivity index (χ3n) is 2.04. The standard InChI is InChI=1S/C10H13N5O/c11-15-10-7-12-6-9(14-10)13-4-3-8-2-1-5-16-8/h1-2,5-7H,3-4,11H2,(H2,13,14,15). The lowest BCUT2D eigenvalue weighted by Crippen LogP contribution is -2.11. The van der Waals surface area contributed by atoms with Gasteiger partial charge in [0.2, 0.25) is 0 Å². The molecule has 0 bridgehead atoms. The first kappa shape index (κ1) is 10.4. The largest absolute Gasteiger partial charge is 0.469 e. The maximum Gasteiger partial charge on any atom is 0.160 e. The van der Waals surface area contributed by atoms with Crippen LogP contribution in [0.25, 0.3) is 0 Å². The molecule has 0 saturated heterocycles. The minimum absolute atomic E-state index is 0.531. The highest BCUT2D eigenvalue weighted by molar-refractivity contribution is 5.40. The van der Waals surface area contributed by atoms with E-state index in [1.54, 1.807) is 18.7 Å². The first-order valence-corrected chi connectivity index (χ1v) is 4.93. The summed E-state index contributed by atoms with van der Waals surface area (Å²) in [4.78, 5) is 8.15. The van der Waals surface area contributed by atoms with Gasteiger partial charge in [0, 0.05) is 13.0 Å². The van der Waals surface area contributed by atoms with Crippen LogP contribution in [-0.2, 0) is 6.42 Å². The van der Waals surface area contributed by atoms with E-state index in [0.29, 0.717) is 11.6 Å². The summed E-state index contributed by atoms with van der Waals surface area (Å²) in [6.07, 6.45) is 5.66. The molecule has 2 rings (SSSR count). The van der Waals surface area contributed by atoms with Crippen molar-refractivity contribution in [3.63, 3.8) is 0 Å². The van der Waals surface area contributed by atoms with Crippen LogP contribution in [0.3, 0.4) is 0 Å². The molecule has 0 saturated carbocycles. The SMILES string of the molecule is NNc1cncc(NCCc2ccco2)n1. The summed E-state index contributed by atoms with van der Waals surface area (Å²) < 4.78 is 5.21. The molecule has 0 aliphatic heterocycles. The molecular weight excluding hydrogens is 206 g/mol. The molecule has 0 fully saturated rings.